The monoisotopic (exact) mass is 376 g/mol. The molecular weight excluding hydrogens is 356 g/mol. The lowest BCUT2D eigenvalue weighted by Gasteiger charge is -2.11. The Hall–Kier alpha value is -2.73. The molecule has 0 bridgehead atoms. The van der Waals surface area contributed by atoms with Crippen molar-refractivity contribution in [2.45, 2.75) is 19.8 Å². The Morgan fingerprint density at radius 1 is 1.12 bits per heavy atom. The summed E-state index contributed by atoms with van der Waals surface area (Å²) in [6.45, 7) is 2.39. The van der Waals surface area contributed by atoms with Crippen LogP contribution in [0.1, 0.15) is 28.8 Å². The summed E-state index contributed by atoms with van der Waals surface area (Å²) in [7, 11) is 1.45. The number of ether oxygens (including phenoxy) is 2. The highest BCUT2D eigenvalue weighted by atomic mass is 35.5. The highest BCUT2D eigenvalue weighted by Gasteiger charge is 2.13. The predicted molar refractivity (Wildman–Crippen MR) is 99.5 cm³/mol. The molecule has 0 atom stereocenters. The van der Waals surface area contributed by atoms with Crippen LogP contribution < -0.4 is 20.3 Å². The molecule has 0 aliphatic carbocycles. The average molecular weight is 377 g/mol. The number of amides is 2. The van der Waals surface area contributed by atoms with Crippen LogP contribution in [0.25, 0.3) is 0 Å². The van der Waals surface area contributed by atoms with Gasteiger partial charge in [-0.15, -0.1) is 0 Å². The fraction of sp³-hybridized carbons (Fsp3) is 0.263. The van der Waals surface area contributed by atoms with Gasteiger partial charge in [0.05, 0.1) is 19.3 Å². The Balaban J connectivity index is 1.73. The molecule has 0 aromatic heterocycles. The maximum absolute atomic E-state index is 12.1. The lowest BCUT2D eigenvalue weighted by Crippen LogP contribution is -2.41. The van der Waals surface area contributed by atoms with E-state index in [1.807, 2.05) is 31.2 Å². The molecule has 0 heterocycles. The molecule has 2 amide bonds. The van der Waals surface area contributed by atoms with Gasteiger partial charge in [-0.05, 0) is 49.2 Å². The van der Waals surface area contributed by atoms with Gasteiger partial charge >= 0.3 is 0 Å². The van der Waals surface area contributed by atoms with Crippen molar-refractivity contribution in [2.75, 3.05) is 13.7 Å². The van der Waals surface area contributed by atoms with E-state index in [1.54, 1.807) is 12.1 Å². The summed E-state index contributed by atoms with van der Waals surface area (Å²) in [5.41, 5.74) is 6.07. The molecule has 2 aromatic rings. The van der Waals surface area contributed by atoms with Crippen LogP contribution in [0.3, 0.4) is 0 Å². The highest BCUT2D eigenvalue weighted by Crippen LogP contribution is 2.22. The van der Waals surface area contributed by atoms with Gasteiger partial charge in [-0.1, -0.05) is 23.7 Å². The summed E-state index contributed by atoms with van der Waals surface area (Å²) in [6.07, 6.45) is 0.745. The van der Waals surface area contributed by atoms with Gasteiger partial charge < -0.3 is 9.47 Å². The smallest absolute Gasteiger partial charge is 0.273 e. The molecule has 0 unspecified atom stereocenters. The Kier molecular flexibility index (Phi) is 7.29. The van der Waals surface area contributed by atoms with Gasteiger partial charge in [0.15, 0.2) is 0 Å². The molecule has 2 aromatic carbocycles. The van der Waals surface area contributed by atoms with E-state index in [0.717, 1.165) is 11.3 Å². The van der Waals surface area contributed by atoms with Crippen LogP contribution in [-0.4, -0.2) is 25.5 Å². The van der Waals surface area contributed by atoms with Gasteiger partial charge in [0.2, 0.25) is 5.91 Å². The van der Waals surface area contributed by atoms with Crippen LogP contribution in [0, 0.1) is 6.92 Å². The average Bonchev–Trinajstić information content (AvgIpc) is 2.63. The minimum Gasteiger partial charge on any atom is -0.496 e. The third kappa shape index (κ3) is 5.97. The molecule has 0 saturated heterocycles. The minimum atomic E-state index is -0.506. The Labute approximate surface area is 157 Å². The van der Waals surface area contributed by atoms with Gasteiger partial charge in [-0.25, -0.2) is 0 Å². The minimum absolute atomic E-state index is 0.221. The predicted octanol–water partition coefficient (Wildman–Crippen LogP) is 3.28. The lowest BCUT2D eigenvalue weighted by molar-refractivity contribution is -0.122. The van der Waals surface area contributed by atoms with E-state index in [0.29, 0.717) is 23.8 Å². The van der Waals surface area contributed by atoms with Crippen LogP contribution in [0.2, 0.25) is 5.02 Å². The normalized spacial score (nSPS) is 10.1. The van der Waals surface area contributed by atoms with Crippen molar-refractivity contribution in [3.8, 4) is 11.5 Å². The maximum Gasteiger partial charge on any atom is 0.273 e. The zero-order valence-electron chi connectivity index (χ0n) is 14.7. The quantitative estimate of drug-likeness (QED) is 0.574. The van der Waals surface area contributed by atoms with Gasteiger partial charge in [-0.2, -0.15) is 0 Å². The zero-order chi connectivity index (χ0) is 18.9. The van der Waals surface area contributed by atoms with E-state index < -0.39 is 5.91 Å². The van der Waals surface area contributed by atoms with E-state index in [1.165, 1.54) is 13.2 Å². The fourth-order valence-electron chi connectivity index (χ4n) is 2.24. The summed E-state index contributed by atoms with van der Waals surface area (Å²) < 4.78 is 10.7. The number of hydrogen-bond donors (Lipinski definition) is 2. The number of benzene rings is 2. The number of carbonyl (C=O) groups excluding carboxylic acids is 2. The van der Waals surface area contributed by atoms with Crippen molar-refractivity contribution in [3.05, 3.63) is 58.6 Å². The van der Waals surface area contributed by atoms with Crippen molar-refractivity contribution < 1.29 is 19.1 Å². The molecule has 0 fully saturated rings. The van der Waals surface area contributed by atoms with Crippen molar-refractivity contribution in [1.29, 1.82) is 0 Å². The Morgan fingerprint density at radius 3 is 2.65 bits per heavy atom. The lowest BCUT2D eigenvalue weighted by atomic mass is 10.2. The molecule has 0 spiro atoms. The maximum atomic E-state index is 12.1. The molecule has 0 aliphatic heterocycles. The van der Waals surface area contributed by atoms with Crippen LogP contribution >= 0.6 is 11.6 Å². The second-order valence-corrected chi connectivity index (χ2v) is 6.05. The van der Waals surface area contributed by atoms with Crippen molar-refractivity contribution >= 4 is 23.4 Å². The molecule has 7 heteroatoms. The molecule has 0 aliphatic rings. The van der Waals surface area contributed by atoms with Gasteiger partial charge in [0.1, 0.15) is 11.5 Å². The van der Waals surface area contributed by atoms with E-state index in [4.69, 9.17) is 21.1 Å². The molecule has 6 nitrogen and oxygen atoms in total. The number of nitrogens with one attached hydrogen (secondary N) is 2. The summed E-state index contributed by atoms with van der Waals surface area (Å²) >= 11 is 5.89. The molecule has 2 rings (SSSR count). The molecule has 0 radical (unpaired) electrons. The molecular formula is C19H21ClN2O4. The summed E-state index contributed by atoms with van der Waals surface area (Å²) in [5, 5.41) is 0.399. The van der Waals surface area contributed by atoms with Gasteiger partial charge in [-0.3, -0.25) is 20.4 Å². The third-order valence-electron chi connectivity index (χ3n) is 3.53. The molecule has 2 N–H and O–H groups in total. The number of methoxy groups -OCH3 is 1. The summed E-state index contributed by atoms with van der Waals surface area (Å²) in [4.78, 5) is 24.0. The SMILES string of the molecule is COc1ccc(Cl)cc1C(=O)NNC(=O)CCCOc1cccc(C)c1. The van der Waals surface area contributed by atoms with E-state index in [9.17, 15) is 9.59 Å². The Bertz CT molecular complexity index is 780. The number of carbonyl (C=O) groups is 2. The van der Waals surface area contributed by atoms with Crippen molar-refractivity contribution in [3.63, 3.8) is 0 Å². The second kappa shape index (κ2) is 9.68. The highest BCUT2D eigenvalue weighted by molar-refractivity contribution is 6.31. The number of hydrogen-bond acceptors (Lipinski definition) is 4. The number of rotatable bonds is 7. The third-order valence-corrected chi connectivity index (χ3v) is 3.76. The number of halogens is 1. The van der Waals surface area contributed by atoms with E-state index >= 15 is 0 Å². The molecule has 138 valence electrons. The van der Waals surface area contributed by atoms with Crippen molar-refractivity contribution in [2.24, 2.45) is 0 Å². The first-order valence-corrected chi connectivity index (χ1v) is 8.49. The van der Waals surface area contributed by atoms with E-state index in [2.05, 4.69) is 10.9 Å². The standard InChI is InChI=1S/C19H21ClN2O4/c1-13-5-3-6-15(11-13)26-10-4-7-18(23)21-22-19(24)16-12-14(20)8-9-17(16)25-2/h3,5-6,8-9,11-12H,4,7,10H2,1-2H3,(H,21,23)(H,22,24). The van der Waals surface area contributed by atoms with Crippen molar-refractivity contribution in [1.82, 2.24) is 10.9 Å². The topological polar surface area (TPSA) is 76.7 Å². The first-order valence-electron chi connectivity index (χ1n) is 8.12. The van der Waals surface area contributed by atoms with E-state index in [-0.39, 0.29) is 17.9 Å². The largest absolute Gasteiger partial charge is 0.496 e. The second-order valence-electron chi connectivity index (χ2n) is 5.62. The first kappa shape index (κ1) is 19.6. The zero-order valence-corrected chi connectivity index (χ0v) is 15.4. The first-order chi connectivity index (χ1) is 12.5. The summed E-state index contributed by atoms with van der Waals surface area (Å²) in [6, 6.07) is 12.4. The summed E-state index contributed by atoms with van der Waals surface area (Å²) in [5.74, 6) is 0.320. The van der Waals surface area contributed by atoms with Gasteiger partial charge in [0.25, 0.3) is 5.91 Å². The van der Waals surface area contributed by atoms with Gasteiger partial charge in [0, 0.05) is 11.4 Å². The van der Waals surface area contributed by atoms with Crippen LogP contribution in [0.15, 0.2) is 42.5 Å². The fourth-order valence-corrected chi connectivity index (χ4v) is 2.41. The molecule has 26 heavy (non-hydrogen) atoms. The number of hydrazine groups is 1. The van der Waals surface area contributed by atoms with Crippen LogP contribution in [0.4, 0.5) is 0 Å². The number of aryl methyl sites for hydroxylation is 1. The Morgan fingerprint density at radius 2 is 1.92 bits per heavy atom. The molecule has 0 saturated carbocycles. The van der Waals surface area contributed by atoms with Crippen LogP contribution in [-0.2, 0) is 4.79 Å². The van der Waals surface area contributed by atoms with Crippen LogP contribution in [0.5, 0.6) is 11.5 Å².